The highest BCUT2D eigenvalue weighted by molar-refractivity contribution is 5.91. The van der Waals surface area contributed by atoms with Gasteiger partial charge in [-0.15, -0.1) is 0 Å². The molecule has 3 atom stereocenters. The molecular formula is C27H35N5O4. The van der Waals surface area contributed by atoms with Crippen LogP contribution in [0.4, 0.5) is 4.79 Å². The zero-order chi connectivity index (χ0) is 26.0. The number of nitrogens with one attached hydrogen (secondary N) is 1. The third-order valence-electron chi connectivity index (χ3n) is 7.01. The molecule has 192 valence electrons. The fourth-order valence-corrected chi connectivity index (χ4v) is 5.09. The first kappa shape index (κ1) is 25.5. The van der Waals surface area contributed by atoms with Gasteiger partial charge in [0.2, 0.25) is 11.8 Å². The van der Waals surface area contributed by atoms with Gasteiger partial charge in [-0.1, -0.05) is 56.3 Å². The number of carbonyl (C=O) groups is 3. The zero-order valence-electron chi connectivity index (χ0n) is 21.5. The summed E-state index contributed by atoms with van der Waals surface area (Å²) >= 11 is 0. The lowest BCUT2D eigenvalue weighted by atomic mass is 9.94. The van der Waals surface area contributed by atoms with E-state index in [4.69, 9.17) is 4.74 Å². The molecule has 0 aliphatic carbocycles. The van der Waals surface area contributed by atoms with Crippen LogP contribution < -0.4 is 10.1 Å². The Kier molecular flexibility index (Phi) is 7.49. The third-order valence-corrected chi connectivity index (χ3v) is 7.01. The van der Waals surface area contributed by atoms with E-state index in [0.717, 1.165) is 16.9 Å². The van der Waals surface area contributed by atoms with Crippen LogP contribution in [0.3, 0.4) is 0 Å². The van der Waals surface area contributed by atoms with Gasteiger partial charge in [-0.05, 0) is 36.1 Å². The Morgan fingerprint density at radius 1 is 1.06 bits per heavy atom. The molecule has 0 spiro atoms. The average Bonchev–Trinajstić information content (AvgIpc) is 2.87. The molecule has 2 aromatic carbocycles. The third kappa shape index (κ3) is 4.88. The van der Waals surface area contributed by atoms with Crippen molar-refractivity contribution in [3.05, 3.63) is 65.7 Å². The van der Waals surface area contributed by atoms with E-state index in [2.05, 4.69) is 5.32 Å². The number of carbonyl (C=O) groups excluding carboxylic acids is 3. The summed E-state index contributed by atoms with van der Waals surface area (Å²) in [5, 5.41) is 6.20. The van der Waals surface area contributed by atoms with Crippen molar-refractivity contribution in [1.29, 1.82) is 0 Å². The molecule has 2 aromatic rings. The van der Waals surface area contributed by atoms with Gasteiger partial charge in [0.05, 0.1) is 26.2 Å². The van der Waals surface area contributed by atoms with Gasteiger partial charge >= 0.3 is 6.03 Å². The summed E-state index contributed by atoms with van der Waals surface area (Å²) in [7, 11) is 3.34. The second kappa shape index (κ2) is 10.6. The highest BCUT2D eigenvalue weighted by atomic mass is 16.5. The number of ether oxygens (including phenoxy) is 1. The summed E-state index contributed by atoms with van der Waals surface area (Å²) in [5.41, 5.74) is 1.93. The second-order valence-electron chi connectivity index (χ2n) is 9.71. The second-order valence-corrected chi connectivity index (χ2v) is 9.71. The van der Waals surface area contributed by atoms with Crippen LogP contribution in [0.15, 0.2) is 54.6 Å². The molecule has 4 rings (SSSR count). The highest BCUT2D eigenvalue weighted by Gasteiger charge is 2.52. The number of rotatable bonds is 6. The van der Waals surface area contributed by atoms with Crippen LogP contribution in [-0.2, 0) is 16.1 Å². The van der Waals surface area contributed by atoms with Gasteiger partial charge in [-0.3, -0.25) is 9.59 Å². The number of amides is 4. The molecule has 2 heterocycles. The fraction of sp³-hybridized carbons (Fsp3) is 0.444. The number of urea groups is 1. The number of nitrogens with zero attached hydrogens (tertiary/aromatic N) is 4. The summed E-state index contributed by atoms with van der Waals surface area (Å²) in [6.45, 7) is 6.45. The lowest BCUT2D eigenvalue weighted by molar-refractivity contribution is -0.192. The summed E-state index contributed by atoms with van der Waals surface area (Å²) in [5.74, 6) is 0.395. The van der Waals surface area contributed by atoms with Crippen LogP contribution in [0.1, 0.15) is 37.9 Å². The number of likely N-dealkylation sites (N-methyl/N-ethyl adjacent to an activating group) is 1. The van der Waals surface area contributed by atoms with E-state index in [-0.39, 0.29) is 42.9 Å². The van der Waals surface area contributed by atoms with Crippen molar-refractivity contribution in [2.75, 3.05) is 27.2 Å². The van der Waals surface area contributed by atoms with Gasteiger partial charge in [0.1, 0.15) is 18.0 Å². The fourth-order valence-electron chi connectivity index (χ4n) is 5.09. The van der Waals surface area contributed by atoms with Crippen LogP contribution in [0.2, 0.25) is 0 Å². The minimum absolute atomic E-state index is 0.0250. The summed E-state index contributed by atoms with van der Waals surface area (Å²) in [4.78, 5) is 43.8. The highest BCUT2D eigenvalue weighted by Crippen LogP contribution is 2.33. The molecule has 2 saturated heterocycles. The molecule has 9 nitrogen and oxygen atoms in total. The topological polar surface area (TPSA) is 85.4 Å². The Morgan fingerprint density at radius 3 is 2.33 bits per heavy atom. The standard InChI is InChI=1S/C27H35N5O4/c1-18(2)25-26(34)30(19(3)21-9-7-6-8-10-21)16-23-31(25)24(33)17-29(4)32(23)27(35)28-15-20-11-13-22(36-5)14-12-20/h6-14,18-19,23,25H,15-17H2,1-5H3,(H,28,35)/t19?,23-,25-/m0/s1. The number of hydrazine groups is 1. The van der Waals surface area contributed by atoms with Gasteiger partial charge < -0.3 is 19.9 Å². The van der Waals surface area contributed by atoms with E-state index in [0.29, 0.717) is 6.54 Å². The monoisotopic (exact) mass is 493 g/mol. The van der Waals surface area contributed by atoms with Crippen LogP contribution in [-0.4, -0.2) is 77.1 Å². The maximum absolute atomic E-state index is 13.7. The Hall–Kier alpha value is -3.59. The number of hydrogen-bond donors (Lipinski definition) is 1. The van der Waals surface area contributed by atoms with Gasteiger partial charge in [-0.2, -0.15) is 0 Å². The Labute approximate surface area is 212 Å². The van der Waals surface area contributed by atoms with Gasteiger partial charge in [0.25, 0.3) is 0 Å². The van der Waals surface area contributed by atoms with E-state index in [1.54, 1.807) is 34.0 Å². The zero-order valence-corrected chi connectivity index (χ0v) is 21.5. The minimum atomic E-state index is -0.645. The molecule has 36 heavy (non-hydrogen) atoms. The molecule has 0 radical (unpaired) electrons. The summed E-state index contributed by atoms with van der Waals surface area (Å²) in [6.07, 6.45) is -0.608. The van der Waals surface area contributed by atoms with Crippen molar-refractivity contribution in [2.45, 2.75) is 45.6 Å². The van der Waals surface area contributed by atoms with Crippen LogP contribution in [0.5, 0.6) is 5.75 Å². The van der Waals surface area contributed by atoms with Crippen molar-refractivity contribution in [1.82, 2.24) is 25.1 Å². The maximum atomic E-state index is 13.7. The van der Waals surface area contributed by atoms with Gasteiger partial charge in [0, 0.05) is 13.6 Å². The van der Waals surface area contributed by atoms with E-state index in [1.165, 1.54) is 0 Å². The normalized spacial score (nSPS) is 21.4. The smallest absolute Gasteiger partial charge is 0.334 e. The van der Waals surface area contributed by atoms with E-state index >= 15 is 0 Å². The van der Waals surface area contributed by atoms with Crippen LogP contribution in [0, 0.1) is 5.92 Å². The van der Waals surface area contributed by atoms with Crippen molar-refractivity contribution >= 4 is 17.8 Å². The molecule has 0 bridgehead atoms. The van der Waals surface area contributed by atoms with Gasteiger partial charge in [-0.25, -0.2) is 14.8 Å². The number of benzene rings is 2. The number of piperazine rings is 1. The van der Waals surface area contributed by atoms with E-state index < -0.39 is 12.2 Å². The number of methoxy groups -OCH3 is 1. The quantitative estimate of drug-likeness (QED) is 0.669. The minimum Gasteiger partial charge on any atom is -0.497 e. The van der Waals surface area contributed by atoms with Crippen LogP contribution >= 0.6 is 0 Å². The summed E-state index contributed by atoms with van der Waals surface area (Å²) in [6, 6.07) is 16.1. The number of hydrogen-bond acceptors (Lipinski definition) is 5. The van der Waals surface area contributed by atoms with E-state index in [1.807, 2.05) is 75.4 Å². The molecule has 9 heteroatoms. The van der Waals surface area contributed by atoms with Gasteiger partial charge in [0.15, 0.2) is 0 Å². The Morgan fingerprint density at radius 2 is 1.72 bits per heavy atom. The largest absolute Gasteiger partial charge is 0.497 e. The SMILES string of the molecule is COc1ccc(CNC(=O)N2[C@H]3CN(C(C)c4ccccc4)C(=O)[C@H](C(C)C)N3C(=O)CN2C)cc1. The first-order valence-corrected chi connectivity index (χ1v) is 12.3. The average molecular weight is 494 g/mol. The summed E-state index contributed by atoms with van der Waals surface area (Å²) < 4.78 is 5.20. The molecule has 4 amide bonds. The molecule has 2 fully saturated rings. The molecular weight excluding hydrogens is 458 g/mol. The molecule has 2 aliphatic rings. The van der Waals surface area contributed by atoms with Crippen LogP contribution in [0.25, 0.3) is 0 Å². The van der Waals surface area contributed by atoms with Crippen molar-refractivity contribution in [3.8, 4) is 5.75 Å². The molecule has 1 N–H and O–H groups in total. The first-order valence-electron chi connectivity index (χ1n) is 12.3. The van der Waals surface area contributed by atoms with E-state index in [9.17, 15) is 14.4 Å². The lowest BCUT2D eigenvalue weighted by Gasteiger charge is -2.56. The molecule has 1 unspecified atom stereocenters. The van der Waals surface area contributed by atoms with Crippen molar-refractivity contribution in [3.63, 3.8) is 0 Å². The predicted molar refractivity (Wildman–Crippen MR) is 136 cm³/mol. The molecule has 0 saturated carbocycles. The van der Waals surface area contributed by atoms with Crippen molar-refractivity contribution in [2.24, 2.45) is 5.92 Å². The maximum Gasteiger partial charge on any atom is 0.334 e. The van der Waals surface area contributed by atoms with Crippen molar-refractivity contribution < 1.29 is 19.1 Å². The first-order chi connectivity index (χ1) is 17.2. The lowest BCUT2D eigenvalue weighted by Crippen LogP contribution is -2.76. The Bertz CT molecular complexity index is 1090. The molecule has 2 aliphatic heterocycles. The predicted octanol–water partition coefficient (Wildman–Crippen LogP) is 2.85. The molecule has 0 aromatic heterocycles. The number of fused-ring (bicyclic) bond motifs is 1. The Balaban J connectivity index is 1.61.